The summed E-state index contributed by atoms with van der Waals surface area (Å²) in [6.45, 7) is 2.24. The fourth-order valence-corrected chi connectivity index (χ4v) is 3.12. The summed E-state index contributed by atoms with van der Waals surface area (Å²) in [6.07, 6.45) is 8.64. The molecule has 3 N–H and O–H groups in total. The highest BCUT2D eigenvalue weighted by Crippen LogP contribution is 2.26. The topological polar surface area (TPSA) is 110 Å². The van der Waals surface area contributed by atoms with Gasteiger partial charge in [0.2, 0.25) is 5.91 Å². The van der Waals surface area contributed by atoms with Gasteiger partial charge in [0.05, 0.1) is 6.33 Å². The zero-order valence-corrected chi connectivity index (χ0v) is 13.5. The van der Waals surface area contributed by atoms with E-state index in [1.165, 1.54) is 0 Å². The molecular formula is C16H22N6O2. The molecule has 128 valence electrons. The summed E-state index contributed by atoms with van der Waals surface area (Å²) in [6, 6.07) is 1.69. The lowest BCUT2D eigenvalue weighted by Gasteiger charge is -2.32. The highest BCUT2D eigenvalue weighted by atomic mass is 16.2. The number of carbonyl (C=O) groups excluding carboxylic acids is 2. The van der Waals surface area contributed by atoms with E-state index in [0.29, 0.717) is 13.0 Å². The normalized spacial score (nSPS) is 17.8. The monoisotopic (exact) mass is 330 g/mol. The molecule has 3 rings (SSSR count). The van der Waals surface area contributed by atoms with Crippen molar-refractivity contribution < 1.29 is 9.59 Å². The quantitative estimate of drug-likeness (QED) is 0.819. The van der Waals surface area contributed by atoms with Crippen LogP contribution in [0.1, 0.15) is 47.8 Å². The van der Waals surface area contributed by atoms with Crippen LogP contribution in [0.3, 0.4) is 0 Å². The summed E-state index contributed by atoms with van der Waals surface area (Å²) in [5, 5.41) is 6.81. The second-order valence-corrected chi connectivity index (χ2v) is 6.16. The molecule has 0 spiro atoms. The highest BCUT2D eigenvalue weighted by molar-refractivity contribution is 5.90. The number of nitrogens with zero attached hydrogens (tertiary/aromatic N) is 4. The number of H-pyrrole nitrogens is 1. The molecule has 2 aromatic heterocycles. The number of imidazole rings is 1. The summed E-state index contributed by atoms with van der Waals surface area (Å²) >= 11 is 0. The Morgan fingerprint density at radius 2 is 2.29 bits per heavy atom. The molecule has 2 amide bonds. The zero-order valence-electron chi connectivity index (χ0n) is 13.5. The Morgan fingerprint density at radius 1 is 1.42 bits per heavy atom. The minimum atomic E-state index is -0.541. The number of piperidine rings is 1. The van der Waals surface area contributed by atoms with Crippen LogP contribution in [0, 0.1) is 0 Å². The number of nitrogens with one attached hydrogen (secondary N) is 1. The van der Waals surface area contributed by atoms with Gasteiger partial charge in [-0.25, -0.2) is 4.98 Å². The molecule has 0 bridgehead atoms. The van der Waals surface area contributed by atoms with E-state index in [-0.39, 0.29) is 17.5 Å². The Bertz CT molecular complexity index is 693. The number of nitrogens with two attached hydrogens (primary N) is 1. The summed E-state index contributed by atoms with van der Waals surface area (Å²) < 4.78 is 1.97. The number of amides is 2. The molecule has 1 fully saturated rings. The SMILES string of the molecule is NC(=O)c1cc(C2CCCN(C(=O)CCCn3ccnc3)C2)[nH]n1. The van der Waals surface area contributed by atoms with Crippen LogP contribution in [-0.4, -0.2) is 49.6 Å². The minimum Gasteiger partial charge on any atom is -0.364 e. The first-order valence-electron chi connectivity index (χ1n) is 8.22. The van der Waals surface area contributed by atoms with E-state index in [2.05, 4.69) is 15.2 Å². The van der Waals surface area contributed by atoms with Gasteiger partial charge in [-0.3, -0.25) is 14.7 Å². The van der Waals surface area contributed by atoms with E-state index in [0.717, 1.165) is 38.0 Å². The molecule has 1 atom stereocenters. The number of hydrogen-bond donors (Lipinski definition) is 2. The summed E-state index contributed by atoms with van der Waals surface area (Å²) in [7, 11) is 0. The first kappa shape index (κ1) is 16.2. The second kappa shape index (κ2) is 7.29. The van der Waals surface area contributed by atoms with Crippen molar-refractivity contribution in [3.8, 4) is 0 Å². The lowest BCUT2D eigenvalue weighted by molar-refractivity contribution is -0.132. The molecule has 24 heavy (non-hydrogen) atoms. The van der Waals surface area contributed by atoms with Crippen molar-refractivity contribution >= 4 is 11.8 Å². The third kappa shape index (κ3) is 3.81. The average molecular weight is 330 g/mol. The van der Waals surface area contributed by atoms with Gasteiger partial charge >= 0.3 is 0 Å². The smallest absolute Gasteiger partial charge is 0.269 e. The molecule has 1 aliphatic rings. The third-order valence-corrected chi connectivity index (χ3v) is 4.43. The molecule has 1 saturated heterocycles. The Kier molecular flexibility index (Phi) is 4.93. The first-order chi connectivity index (χ1) is 11.6. The second-order valence-electron chi connectivity index (χ2n) is 6.16. The minimum absolute atomic E-state index is 0.175. The Morgan fingerprint density at radius 3 is 3.00 bits per heavy atom. The maximum Gasteiger partial charge on any atom is 0.269 e. The number of carbonyl (C=O) groups is 2. The Balaban J connectivity index is 1.52. The molecule has 0 saturated carbocycles. The van der Waals surface area contributed by atoms with Crippen molar-refractivity contribution in [1.29, 1.82) is 0 Å². The van der Waals surface area contributed by atoms with Gasteiger partial charge in [-0.15, -0.1) is 0 Å². The van der Waals surface area contributed by atoms with E-state index >= 15 is 0 Å². The Labute approximate surface area is 140 Å². The molecule has 2 aromatic rings. The Hall–Kier alpha value is -2.64. The molecule has 8 heteroatoms. The zero-order chi connectivity index (χ0) is 16.9. The fourth-order valence-electron chi connectivity index (χ4n) is 3.12. The van der Waals surface area contributed by atoms with Crippen LogP contribution in [0.2, 0.25) is 0 Å². The molecule has 0 aliphatic carbocycles. The highest BCUT2D eigenvalue weighted by Gasteiger charge is 2.26. The van der Waals surface area contributed by atoms with E-state index in [4.69, 9.17) is 5.73 Å². The molecule has 0 radical (unpaired) electrons. The summed E-state index contributed by atoms with van der Waals surface area (Å²) in [4.78, 5) is 29.5. The van der Waals surface area contributed by atoms with E-state index in [9.17, 15) is 9.59 Å². The largest absolute Gasteiger partial charge is 0.364 e. The standard InChI is InChI=1S/C16H22N6O2/c17-16(24)14-9-13(19-20-14)12-3-1-7-22(10-12)15(23)4-2-6-21-8-5-18-11-21/h5,8-9,11-12H,1-4,6-7,10H2,(H2,17,24)(H,19,20). The number of primary amides is 1. The maximum absolute atomic E-state index is 12.4. The van der Waals surface area contributed by atoms with E-state index in [1.54, 1.807) is 18.6 Å². The van der Waals surface area contributed by atoms with Crippen LogP contribution in [0.25, 0.3) is 0 Å². The van der Waals surface area contributed by atoms with Gasteiger partial charge in [-0.1, -0.05) is 0 Å². The van der Waals surface area contributed by atoms with Crippen molar-refractivity contribution in [3.05, 3.63) is 36.2 Å². The van der Waals surface area contributed by atoms with Crippen molar-refractivity contribution in [3.63, 3.8) is 0 Å². The van der Waals surface area contributed by atoms with Crippen molar-refractivity contribution in [2.24, 2.45) is 5.73 Å². The number of aromatic nitrogens is 4. The van der Waals surface area contributed by atoms with Crippen LogP contribution in [0.5, 0.6) is 0 Å². The van der Waals surface area contributed by atoms with E-state index in [1.807, 2.05) is 15.7 Å². The number of likely N-dealkylation sites (tertiary alicyclic amines) is 1. The number of aryl methyl sites for hydroxylation is 1. The van der Waals surface area contributed by atoms with Crippen LogP contribution < -0.4 is 5.73 Å². The third-order valence-electron chi connectivity index (χ3n) is 4.43. The van der Waals surface area contributed by atoms with Gasteiger partial charge in [0.25, 0.3) is 5.91 Å². The maximum atomic E-state index is 12.4. The van der Waals surface area contributed by atoms with Gasteiger partial charge in [0.1, 0.15) is 5.69 Å². The van der Waals surface area contributed by atoms with Crippen molar-refractivity contribution in [1.82, 2.24) is 24.6 Å². The molecule has 1 aliphatic heterocycles. The van der Waals surface area contributed by atoms with Gasteiger partial charge in [-0.05, 0) is 25.3 Å². The predicted octanol–water partition coefficient (Wildman–Crippen LogP) is 0.891. The number of aromatic amines is 1. The number of rotatable bonds is 6. The van der Waals surface area contributed by atoms with Crippen LogP contribution in [0.15, 0.2) is 24.8 Å². The first-order valence-corrected chi connectivity index (χ1v) is 8.22. The van der Waals surface area contributed by atoms with Crippen LogP contribution >= 0.6 is 0 Å². The summed E-state index contributed by atoms with van der Waals surface area (Å²) in [5.41, 5.74) is 6.35. The predicted molar refractivity (Wildman–Crippen MR) is 87.1 cm³/mol. The van der Waals surface area contributed by atoms with Crippen molar-refractivity contribution in [2.45, 2.75) is 38.1 Å². The van der Waals surface area contributed by atoms with Gasteiger partial charge < -0.3 is 15.2 Å². The van der Waals surface area contributed by atoms with Gasteiger partial charge in [-0.2, -0.15) is 5.10 Å². The lowest BCUT2D eigenvalue weighted by atomic mass is 9.94. The van der Waals surface area contributed by atoms with Gasteiger partial charge in [0, 0.05) is 50.1 Å². The molecular weight excluding hydrogens is 308 g/mol. The molecule has 0 aromatic carbocycles. The molecule has 1 unspecified atom stereocenters. The summed E-state index contributed by atoms with van der Waals surface area (Å²) in [5.74, 6) is -0.188. The van der Waals surface area contributed by atoms with E-state index < -0.39 is 5.91 Å². The van der Waals surface area contributed by atoms with Gasteiger partial charge in [0.15, 0.2) is 0 Å². The van der Waals surface area contributed by atoms with Crippen molar-refractivity contribution in [2.75, 3.05) is 13.1 Å². The molecule has 3 heterocycles. The lowest BCUT2D eigenvalue weighted by Crippen LogP contribution is -2.39. The fraction of sp³-hybridized carbons (Fsp3) is 0.500. The number of hydrogen-bond acceptors (Lipinski definition) is 4. The van der Waals surface area contributed by atoms with Crippen LogP contribution in [-0.2, 0) is 11.3 Å². The van der Waals surface area contributed by atoms with Crippen LogP contribution in [0.4, 0.5) is 0 Å². The molecule has 8 nitrogen and oxygen atoms in total. The average Bonchev–Trinajstić information content (AvgIpc) is 3.26.